The highest BCUT2D eigenvalue weighted by atomic mass is 16.6. The lowest BCUT2D eigenvalue weighted by Gasteiger charge is -2.09. The Morgan fingerprint density at radius 1 is 0.488 bits per heavy atom. The molecule has 0 saturated carbocycles. The zero-order chi connectivity index (χ0) is 31.0. The molecule has 0 saturated heterocycles. The van der Waals surface area contributed by atoms with E-state index in [1.807, 2.05) is 0 Å². The van der Waals surface area contributed by atoms with Crippen molar-refractivity contribution in [3.63, 3.8) is 0 Å². The molecule has 0 aromatic carbocycles. The van der Waals surface area contributed by atoms with E-state index in [1.54, 1.807) is 6.92 Å². The molecular weight excluding hydrogens is 540 g/mol. The Morgan fingerprint density at radius 2 is 0.829 bits per heavy atom. The summed E-state index contributed by atoms with van der Waals surface area (Å²) in [6.45, 7) is 13.1. The lowest BCUT2D eigenvalue weighted by atomic mass is 10.1. The Hall–Kier alpha value is -3.80. The van der Waals surface area contributed by atoms with E-state index >= 15 is 0 Å². The first-order valence-corrected chi connectivity index (χ1v) is 13.5. The van der Waals surface area contributed by atoms with Crippen LogP contribution in [0.15, 0.2) is 36.5 Å². The monoisotopic (exact) mass is 582 g/mol. The summed E-state index contributed by atoms with van der Waals surface area (Å²) < 4.78 is 29.5. The number of carbonyl (C=O) groups excluding carboxylic acids is 6. The highest BCUT2D eigenvalue weighted by molar-refractivity contribution is 6.16. The van der Waals surface area contributed by atoms with Crippen molar-refractivity contribution in [3.05, 3.63) is 36.5 Å². The van der Waals surface area contributed by atoms with Gasteiger partial charge in [-0.15, -0.1) is 0 Å². The molecule has 0 heterocycles. The van der Waals surface area contributed by atoms with Crippen molar-refractivity contribution in [1.82, 2.24) is 0 Å². The standard InChI is InChI=1S/C29H42O12/c1-6-37-20-15-24(30)21(2)26(32)38-16-11-7-8-13-18-40-28(34)23(4)29(35)41-19-14-10-9-12-17-39-27(33)22(3)25(31)36-5/h2-4,6-20H2,1,5H3. The van der Waals surface area contributed by atoms with Gasteiger partial charge in [-0.25, -0.2) is 24.0 Å². The maximum atomic E-state index is 12.0. The molecule has 0 aliphatic heterocycles. The maximum Gasteiger partial charge on any atom is 0.344 e. The van der Waals surface area contributed by atoms with Gasteiger partial charge in [0.15, 0.2) is 5.78 Å². The smallest absolute Gasteiger partial charge is 0.344 e. The fraction of sp³-hybridized carbons (Fsp3) is 0.586. The fourth-order valence-electron chi connectivity index (χ4n) is 2.99. The van der Waals surface area contributed by atoms with E-state index in [-0.39, 0.29) is 50.6 Å². The second-order valence-electron chi connectivity index (χ2n) is 8.67. The maximum absolute atomic E-state index is 12.0. The number of Topliss-reactive ketones (excluding diaryl/α,β-unsaturated/α-hetero) is 1. The first kappa shape index (κ1) is 37.2. The summed E-state index contributed by atoms with van der Waals surface area (Å²) >= 11 is 0. The summed E-state index contributed by atoms with van der Waals surface area (Å²) in [5.74, 6) is -4.54. The van der Waals surface area contributed by atoms with Crippen molar-refractivity contribution in [2.24, 2.45) is 0 Å². The van der Waals surface area contributed by atoms with Crippen LogP contribution in [0.25, 0.3) is 0 Å². The molecule has 12 nitrogen and oxygen atoms in total. The third-order valence-corrected chi connectivity index (χ3v) is 5.44. The number of methoxy groups -OCH3 is 1. The zero-order valence-electron chi connectivity index (χ0n) is 24.1. The van der Waals surface area contributed by atoms with Gasteiger partial charge in [-0.2, -0.15) is 0 Å². The molecule has 0 unspecified atom stereocenters. The van der Waals surface area contributed by atoms with Gasteiger partial charge < -0.3 is 28.4 Å². The molecule has 0 amide bonds. The van der Waals surface area contributed by atoms with E-state index in [0.29, 0.717) is 58.0 Å². The van der Waals surface area contributed by atoms with Gasteiger partial charge in [-0.3, -0.25) is 4.79 Å². The topological polar surface area (TPSA) is 158 Å². The van der Waals surface area contributed by atoms with Crippen LogP contribution >= 0.6 is 0 Å². The van der Waals surface area contributed by atoms with Crippen LogP contribution in [0.5, 0.6) is 0 Å². The van der Waals surface area contributed by atoms with Gasteiger partial charge in [0.25, 0.3) is 0 Å². The van der Waals surface area contributed by atoms with Crippen molar-refractivity contribution in [3.8, 4) is 0 Å². The number of rotatable bonds is 24. The molecule has 0 spiro atoms. The van der Waals surface area contributed by atoms with E-state index in [1.165, 1.54) is 0 Å². The lowest BCUT2D eigenvalue weighted by Crippen LogP contribution is -2.18. The summed E-state index contributed by atoms with van der Waals surface area (Å²) in [7, 11) is 1.14. The summed E-state index contributed by atoms with van der Waals surface area (Å²) in [5, 5.41) is 0. The summed E-state index contributed by atoms with van der Waals surface area (Å²) in [6.07, 6.45) is 5.01. The minimum atomic E-state index is -0.856. The molecule has 230 valence electrons. The number of hydrogen-bond donors (Lipinski definition) is 0. The van der Waals surface area contributed by atoms with Crippen molar-refractivity contribution in [2.75, 3.05) is 46.8 Å². The molecule has 0 aromatic rings. The van der Waals surface area contributed by atoms with Crippen LogP contribution in [0.1, 0.15) is 64.7 Å². The highest BCUT2D eigenvalue weighted by Gasteiger charge is 2.19. The molecule has 0 atom stereocenters. The molecule has 0 aliphatic rings. The van der Waals surface area contributed by atoms with Crippen molar-refractivity contribution in [2.45, 2.75) is 64.7 Å². The normalized spacial score (nSPS) is 10.2. The predicted molar refractivity (Wildman–Crippen MR) is 146 cm³/mol. The first-order valence-electron chi connectivity index (χ1n) is 13.5. The van der Waals surface area contributed by atoms with Crippen molar-refractivity contribution >= 4 is 35.6 Å². The third kappa shape index (κ3) is 17.5. The Bertz CT molecular complexity index is 934. The first-order chi connectivity index (χ1) is 19.6. The number of unbranched alkanes of at least 4 members (excludes halogenated alkanes) is 6. The Kier molecular flexibility index (Phi) is 20.8. The molecule has 0 aliphatic carbocycles. The van der Waals surface area contributed by atoms with Crippen LogP contribution in [0.2, 0.25) is 0 Å². The fourth-order valence-corrected chi connectivity index (χ4v) is 2.99. The SMILES string of the molecule is C=C(C(=O)CCOCC)C(=O)OCCCCCCOC(=O)C(=C)C(=O)OCCCCCCOC(=O)C(=C)C(=O)OC. The van der Waals surface area contributed by atoms with E-state index in [0.717, 1.165) is 7.11 Å². The second kappa shape index (κ2) is 23.0. The number of ether oxygens (including phenoxy) is 6. The average Bonchev–Trinajstić information content (AvgIpc) is 2.97. The van der Waals surface area contributed by atoms with Gasteiger partial charge in [0, 0.05) is 13.0 Å². The number of ketones is 1. The van der Waals surface area contributed by atoms with Gasteiger partial charge >= 0.3 is 29.8 Å². The van der Waals surface area contributed by atoms with E-state index in [9.17, 15) is 28.8 Å². The average molecular weight is 583 g/mol. The minimum Gasteiger partial charge on any atom is -0.465 e. The van der Waals surface area contributed by atoms with Crippen LogP contribution in [-0.2, 0) is 57.2 Å². The molecule has 0 fully saturated rings. The van der Waals surface area contributed by atoms with E-state index < -0.39 is 41.2 Å². The molecular formula is C29H42O12. The quantitative estimate of drug-likeness (QED) is 0.0409. The molecule has 0 N–H and O–H groups in total. The summed E-state index contributed by atoms with van der Waals surface area (Å²) in [5.41, 5.74) is -0.969. The van der Waals surface area contributed by atoms with E-state index in [4.69, 9.17) is 23.7 Å². The van der Waals surface area contributed by atoms with E-state index in [2.05, 4.69) is 24.5 Å². The molecule has 12 heteroatoms. The second-order valence-corrected chi connectivity index (χ2v) is 8.67. The van der Waals surface area contributed by atoms with Crippen LogP contribution in [-0.4, -0.2) is 82.4 Å². The van der Waals surface area contributed by atoms with Crippen LogP contribution in [0.3, 0.4) is 0 Å². The van der Waals surface area contributed by atoms with Gasteiger partial charge in [0.1, 0.15) is 11.1 Å². The summed E-state index contributed by atoms with van der Waals surface area (Å²) in [6, 6.07) is 0. The predicted octanol–water partition coefficient (Wildman–Crippen LogP) is 3.12. The van der Waals surface area contributed by atoms with Crippen LogP contribution < -0.4 is 0 Å². The van der Waals surface area contributed by atoms with Crippen molar-refractivity contribution < 1.29 is 57.2 Å². The Balaban J connectivity index is 3.81. The Morgan fingerprint density at radius 3 is 1.17 bits per heavy atom. The van der Waals surface area contributed by atoms with Crippen molar-refractivity contribution in [1.29, 1.82) is 0 Å². The number of esters is 5. The number of hydrogen-bond acceptors (Lipinski definition) is 12. The molecule has 0 bridgehead atoms. The van der Waals surface area contributed by atoms with Crippen LogP contribution in [0, 0.1) is 0 Å². The molecule has 0 radical (unpaired) electrons. The Labute approximate surface area is 241 Å². The zero-order valence-corrected chi connectivity index (χ0v) is 24.1. The highest BCUT2D eigenvalue weighted by Crippen LogP contribution is 2.07. The van der Waals surface area contributed by atoms with Gasteiger partial charge in [0.2, 0.25) is 0 Å². The number of carbonyl (C=O) groups is 6. The lowest BCUT2D eigenvalue weighted by molar-refractivity contribution is -0.148. The minimum absolute atomic E-state index is 0.0753. The molecule has 0 aromatic heterocycles. The third-order valence-electron chi connectivity index (χ3n) is 5.44. The summed E-state index contributed by atoms with van der Waals surface area (Å²) in [4.78, 5) is 70.3. The van der Waals surface area contributed by atoms with Crippen LogP contribution in [0.4, 0.5) is 0 Å². The van der Waals surface area contributed by atoms with Gasteiger partial charge in [-0.05, 0) is 58.3 Å². The largest absolute Gasteiger partial charge is 0.465 e. The molecule has 0 rings (SSSR count). The molecule has 41 heavy (non-hydrogen) atoms. The van der Waals surface area contributed by atoms with Gasteiger partial charge in [-0.1, -0.05) is 19.7 Å². The van der Waals surface area contributed by atoms with Gasteiger partial charge in [0.05, 0.1) is 45.7 Å².